The van der Waals surface area contributed by atoms with Crippen LogP contribution in [0.15, 0.2) is 27.6 Å². The van der Waals surface area contributed by atoms with Gasteiger partial charge in [-0.3, -0.25) is 10.1 Å². The van der Waals surface area contributed by atoms with Gasteiger partial charge in [0.2, 0.25) is 15.9 Å². The number of nitro benzene ring substituents is 1. The fourth-order valence-electron chi connectivity index (χ4n) is 3.37. The summed E-state index contributed by atoms with van der Waals surface area (Å²) < 4.78 is 32.4. The van der Waals surface area contributed by atoms with Crippen molar-refractivity contribution in [3.05, 3.63) is 40.0 Å². The lowest BCUT2D eigenvalue weighted by Gasteiger charge is -2.20. The van der Waals surface area contributed by atoms with Gasteiger partial charge < -0.3 is 9.84 Å². The molecule has 1 atom stereocenters. The van der Waals surface area contributed by atoms with E-state index < -0.39 is 21.0 Å². The maximum Gasteiger partial charge on any atom is 0.293 e. The predicted octanol–water partition coefficient (Wildman–Crippen LogP) is 3.41. The fourth-order valence-corrected chi connectivity index (χ4v) is 4.91. The topological polar surface area (TPSA) is 131 Å². The molecular formula is C18H25N5O5S. The number of sulfonamides is 1. The Morgan fingerprint density at radius 2 is 1.97 bits per heavy atom. The first-order valence-corrected chi connectivity index (χ1v) is 11.1. The first kappa shape index (κ1) is 21.2. The van der Waals surface area contributed by atoms with E-state index in [4.69, 9.17) is 4.52 Å². The van der Waals surface area contributed by atoms with E-state index in [1.54, 1.807) is 6.92 Å². The smallest absolute Gasteiger partial charge is 0.293 e. The van der Waals surface area contributed by atoms with Crippen LogP contribution >= 0.6 is 0 Å². The molecule has 0 spiro atoms. The van der Waals surface area contributed by atoms with Gasteiger partial charge in [0.1, 0.15) is 5.69 Å². The molecule has 29 heavy (non-hydrogen) atoms. The fraction of sp³-hybridized carbons (Fsp3) is 0.556. The van der Waals surface area contributed by atoms with Gasteiger partial charge >= 0.3 is 0 Å². The molecular weight excluding hydrogens is 398 g/mol. The molecule has 1 aromatic carbocycles. The minimum absolute atomic E-state index is 0.0693. The predicted molar refractivity (Wildman–Crippen MR) is 106 cm³/mol. The largest absolute Gasteiger partial charge is 0.369 e. The van der Waals surface area contributed by atoms with E-state index in [0.29, 0.717) is 31.2 Å². The SMILES string of the molecule is CCC(Nc1ccc(S(=O)(=O)N2CCCCCC2)cc1[N+](=O)[O-])c1noc(C)n1. The number of anilines is 1. The minimum atomic E-state index is -3.78. The lowest BCUT2D eigenvalue weighted by Crippen LogP contribution is -2.32. The third-order valence-corrected chi connectivity index (χ3v) is 6.86. The highest BCUT2D eigenvalue weighted by Gasteiger charge is 2.29. The van der Waals surface area contributed by atoms with Crippen molar-refractivity contribution in [2.24, 2.45) is 0 Å². The molecule has 1 fully saturated rings. The number of rotatable bonds is 7. The van der Waals surface area contributed by atoms with Crippen LogP contribution < -0.4 is 5.32 Å². The Bertz CT molecular complexity index is 967. The van der Waals surface area contributed by atoms with Gasteiger partial charge in [-0.15, -0.1) is 0 Å². The molecule has 1 aliphatic rings. The van der Waals surface area contributed by atoms with Crippen molar-refractivity contribution in [2.75, 3.05) is 18.4 Å². The van der Waals surface area contributed by atoms with E-state index in [0.717, 1.165) is 31.7 Å². The van der Waals surface area contributed by atoms with Crippen LogP contribution in [-0.2, 0) is 10.0 Å². The number of nitro groups is 1. The van der Waals surface area contributed by atoms with Gasteiger partial charge in [0.25, 0.3) is 5.69 Å². The van der Waals surface area contributed by atoms with Crippen molar-refractivity contribution in [2.45, 2.75) is 56.9 Å². The molecule has 158 valence electrons. The molecule has 10 nitrogen and oxygen atoms in total. The molecule has 0 saturated carbocycles. The molecule has 1 aliphatic heterocycles. The van der Waals surface area contributed by atoms with Crippen LogP contribution in [0.2, 0.25) is 0 Å². The molecule has 0 amide bonds. The van der Waals surface area contributed by atoms with Gasteiger partial charge in [0.05, 0.1) is 15.9 Å². The van der Waals surface area contributed by atoms with E-state index >= 15 is 0 Å². The van der Waals surface area contributed by atoms with Crippen LogP contribution in [0.3, 0.4) is 0 Å². The van der Waals surface area contributed by atoms with Crippen LogP contribution in [0.1, 0.15) is 56.8 Å². The van der Waals surface area contributed by atoms with Crippen LogP contribution in [0.5, 0.6) is 0 Å². The number of hydrogen-bond acceptors (Lipinski definition) is 8. The highest BCUT2D eigenvalue weighted by molar-refractivity contribution is 7.89. The van der Waals surface area contributed by atoms with Crippen LogP contribution in [0.25, 0.3) is 0 Å². The van der Waals surface area contributed by atoms with Crippen molar-refractivity contribution in [1.29, 1.82) is 0 Å². The Morgan fingerprint density at radius 1 is 1.28 bits per heavy atom. The summed E-state index contributed by atoms with van der Waals surface area (Å²) in [5.74, 6) is 0.786. The Balaban J connectivity index is 1.91. The Morgan fingerprint density at radius 3 is 2.52 bits per heavy atom. The molecule has 0 aliphatic carbocycles. The van der Waals surface area contributed by atoms with Crippen LogP contribution in [0, 0.1) is 17.0 Å². The van der Waals surface area contributed by atoms with Gasteiger partial charge in [-0.25, -0.2) is 8.42 Å². The summed E-state index contributed by atoms with van der Waals surface area (Å²) in [4.78, 5) is 15.2. The standard InChI is InChI=1S/C18H25N5O5S/c1-3-15(18-19-13(2)28-21-18)20-16-9-8-14(12-17(16)23(24)25)29(26,27)22-10-6-4-5-7-11-22/h8-9,12,15,20H,3-7,10-11H2,1-2H3. The molecule has 1 saturated heterocycles. The zero-order valence-corrected chi connectivity index (χ0v) is 17.3. The molecule has 1 aromatic heterocycles. The van der Waals surface area contributed by atoms with Gasteiger partial charge in [0.15, 0.2) is 5.82 Å². The monoisotopic (exact) mass is 423 g/mol. The highest BCUT2D eigenvalue weighted by atomic mass is 32.2. The molecule has 0 bridgehead atoms. The summed E-state index contributed by atoms with van der Waals surface area (Å²) in [6, 6.07) is 3.55. The number of benzene rings is 1. The second kappa shape index (κ2) is 8.87. The maximum absolute atomic E-state index is 13.0. The molecule has 11 heteroatoms. The Labute approximate surface area is 169 Å². The quantitative estimate of drug-likeness (QED) is 0.529. The van der Waals surface area contributed by atoms with E-state index in [1.165, 1.54) is 16.4 Å². The molecule has 2 heterocycles. The molecule has 1 unspecified atom stereocenters. The number of hydrogen-bond donors (Lipinski definition) is 1. The lowest BCUT2D eigenvalue weighted by atomic mass is 10.2. The summed E-state index contributed by atoms with van der Waals surface area (Å²) in [5, 5.41) is 18.6. The van der Waals surface area contributed by atoms with Gasteiger partial charge in [-0.2, -0.15) is 9.29 Å². The summed E-state index contributed by atoms with van der Waals surface area (Å²) in [6.45, 7) is 4.41. The zero-order valence-electron chi connectivity index (χ0n) is 16.5. The van der Waals surface area contributed by atoms with Crippen molar-refractivity contribution in [1.82, 2.24) is 14.4 Å². The lowest BCUT2D eigenvalue weighted by molar-refractivity contribution is -0.384. The van der Waals surface area contributed by atoms with Crippen LogP contribution in [0.4, 0.5) is 11.4 Å². The van der Waals surface area contributed by atoms with E-state index in [2.05, 4.69) is 15.5 Å². The molecule has 3 rings (SSSR count). The molecule has 0 radical (unpaired) electrons. The van der Waals surface area contributed by atoms with Crippen molar-refractivity contribution in [3.8, 4) is 0 Å². The van der Waals surface area contributed by atoms with Crippen molar-refractivity contribution >= 4 is 21.4 Å². The number of aryl methyl sites for hydroxylation is 1. The third-order valence-electron chi connectivity index (χ3n) is 4.96. The van der Waals surface area contributed by atoms with Gasteiger partial charge in [0, 0.05) is 26.1 Å². The highest BCUT2D eigenvalue weighted by Crippen LogP contribution is 2.32. The maximum atomic E-state index is 13.0. The summed E-state index contributed by atoms with van der Waals surface area (Å²) >= 11 is 0. The summed E-state index contributed by atoms with van der Waals surface area (Å²) in [6.07, 6.45) is 4.13. The first-order chi connectivity index (χ1) is 13.8. The Kier molecular flexibility index (Phi) is 6.48. The average molecular weight is 423 g/mol. The summed E-state index contributed by atoms with van der Waals surface area (Å²) in [7, 11) is -3.78. The van der Waals surface area contributed by atoms with E-state index in [9.17, 15) is 18.5 Å². The second-order valence-electron chi connectivity index (χ2n) is 7.03. The first-order valence-electron chi connectivity index (χ1n) is 9.68. The van der Waals surface area contributed by atoms with Crippen LogP contribution in [-0.4, -0.2) is 40.9 Å². The van der Waals surface area contributed by atoms with Gasteiger partial charge in [-0.1, -0.05) is 24.9 Å². The molecule has 2 aromatic rings. The minimum Gasteiger partial charge on any atom is -0.369 e. The second-order valence-corrected chi connectivity index (χ2v) is 8.97. The Hall–Kier alpha value is -2.53. The van der Waals surface area contributed by atoms with Crippen molar-refractivity contribution < 1.29 is 17.9 Å². The number of aromatic nitrogens is 2. The normalized spacial score (nSPS) is 16.9. The zero-order chi connectivity index (χ0) is 21.0. The number of nitrogens with zero attached hydrogens (tertiary/aromatic N) is 4. The number of nitrogens with one attached hydrogen (secondary N) is 1. The van der Waals surface area contributed by atoms with E-state index in [1.807, 2.05) is 6.92 Å². The summed E-state index contributed by atoms with van der Waals surface area (Å²) in [5.41, 5.74) is -0.0984. The third kappa shape index (κ3) is 4.73. The molecule has 1 N–H and O–H groups in total. The average Bonchev–Trinajstić information content (AvgIpc) is 2.94. The van der Waals surface area contributed by atoms with Gasteiger partial charge in [-0.05, 0) is 31.4 Å². The van der Waals surface area contributed by atoms with Crippen molar-refractivity contribution in [3.63, 3.8) is 0 Å². The van der Waals surface area contributed by atoms with E-state index in [-0.39, 0.29) is 16.3 Å².